The van der Waals surface area contributed by atoms with Crippen LogP contribution in [0, 0.1) is 6.92 Å². The van der Waals surface area contributed by atoms with E-state index in [1.165, 1.54) is 35.7 Å². The third-order valence-corrected chi connectivity index (χ3v) is 12.1. The van der Waals surface area contributed by atoms with Crippen molar-refractivity contribution in [2.24, 2.45) is 4.99 Å². The van der Waals surface area contributed by atoms with Crippen LogP contribution >= 0.6 is 0 Å². The van der Waals surface area contributed by atoms with E-state index in [4.69, 9.17) is 9.73 Å². The van der Waals surface area contributed by atoms with Gasteiger partial charge in [0.15, 0.2) is 0 Å². The summed E-state index contributed by atoms with van der Waals surface area (Å²) in [6.45, 7) is 5.30. The SMILES string of the molecule is COc1ccc(C2(c3ccc(C(F)(F)F)cc3)c3cc(C(F)(F)F)ccc3N=C(N3C(C)(C)c4cc(C)ccc4S3(=O)=O)C2c2ccccc2)cc1. The maximum absolute atomic E-state index is 14.8. The van der Waals surface area contributed by atoms with Gasteiger partial charge in [-0.25, -0.2) is 17.7 Å². The van der Waals surface area contributed by atoms with Gasteiger partial charge in [0, 0.05) is 0 Å². The molecule has 0 bridgehead atoms. The predicted octanol–water partition coefficient (Wildman–Crippen LogP) is 10.1. The average molecular weight is 735 g/mol. The lowest BCUT2D eigenvalue weighted by molar-refractivity contribution is -0.138. The molecule has 2 heterocycles. The fourth-order valence-corrected chi connectivity index (χ4v) is 9.84. The van der Waals surface area contributed by atoms with Crippen molar-refractivity contribution in [1.82, 2.24) is 4.31 Å². The van der Waals surface area contributed by atoms with Gasteiger partial charge in [-0.3, -0.25) is 0 Å². The quantitative estimate of drug-likeness (QED) is 0.173. The number of ether oxygens (including phenoxy) is 1. The van der Waals surface area contributed by atoms with Crippen LogP contribution in [-0.4, -0.2) is 25.7 Å². The molecule has 0 radical (unpaired) electrons. The van der Waals surface area contributed by atoms with Crippen molar-refractivity contribution in [1.29, 1.82) is 0 Å². The Morgan fingerprint density at radius 1 is 0.712 bits per heavy atom. The van der Waals surface area contributed by atoms with Crippen LogP contribution in [0.4, 0.5) is 32.0 Å². The van der Waals surface area contributed by atoms with Crippen LogP contribution in [0.1, 0.15) is 64.3 Å². The van der Waals surface area contributed by atoms with E-state index in [0.29, 0.717) is 22.4 Å². The molecule has 0 spiro atoms. The monoisotopic (exact) mass is 734 g/mol. The number of rotatable bonds is 4. The lowest BCUT2D eigenvalue weighted by atomic mass is 9.57. The van der Waals surface area contributed by atoms with E-state index in [1.54, 1.807) is 80.6 Å². The fraction of sp³-hybridized carbons (Fsp3) is 0.225. The highest BCUT2D eigenvalue weighted by atomic mass is 32.2. The molecule has 2 atom stereocenters. The molecule has 0 amide bonds. The van der Waals surface area contributed by atoms with Gasteiger partial charge in [-0.1, -0.05) is 72.3 Å². The van der Waals surface area contributed by atoms with Crippen molar-refractivity contribution in [2.45, 2.75) is 54.9 Å². The van der Waals surface area contributed by atoms with Gasteiger partial charge in [-0.15, -0.1) is 0 Å². The van der Waals surface area contributed by atoms with Crippen molar-refractivity contribution in [3.05, 3.63) is 160 Å². The molecular formula is C40H32F6N2O3S. The van der Waals surface area contributed by atoms with Gasteiger partial charge in [0.25, 0.3) is 10.0 Å². The van der Waals surface area contributed by atoms with E-state index in [9.17, 15) is 34.8 Å². The number of hydrogen-bond acceptors (Lipinski definition) is 4. The summed E-state index contributed by atoms with van der Waals surface area (Å²) in [6, 6.07) is 27.4. The van der Waals surface area contributed by atoms with Crippen molar-refractivity contribution in [3.8, 4) is 5.75 Å². The van der Waals surface area contributed by atoms with Gasteiger partial charge in [0.1, 0.15) is 11.6 Å². The minimum absolute atomic E-state index is 0.00646. The van der Waals surface area contributed by atoms with E-state index < -0.39 is 50.4 Å². The third kappa shape index (κ3) is 5.37. The Kier molecular flexibility index (Phi) is 8.13. The van der Waals surface area contributed by atoms with Crippen molar-refractivity contribution >= 4 is 21.5 Å². The zero-order chi connectivity index (χ0) is 37.4. The molecule has 0 saturated heterocycles. The molecule has 5 nitrogen and oxygen atoms in total. The number of alkyl halides is 6. The van der Waals surface area contributed by atoms with E-state index in [1.807, 2.05) is 6.92 Å². The molecule has 0 N–H and O–H groups in total. The number of aliphatic imine (C=N–C) groups is 1. The van der Waals surface area contributed by atoms with Gasteiger partial charge in [-0.05, 0) is 97.1 Å². The van der Waals surface area contributed by atoms with Crippen molar-refractivity contribution in [2.75, 3.05) is 7.11 Å². The Hall–Kier alpha value is -5.10. The normalized spacial score (nSPS) is 20.5. The van der Waals surface area contributed by atoms with Gasteiger partial charge in [0.05, 0.1) is 45.7 Å². The molecule has 0 aliphatic carbocycles. The second-order valence-corrected chi connectivity index (χ2v) is 15.2. The Morgan fingerprint density at radius 3 is 1.87 bits per heavy atom. The predicted molar refractivity (Wildman–Crippen MR) is 185 cm³/mol. The Balaban J connectivity index is 1.67. The maximum atomic E-state index is 14.8. The first kappa shape index (κ1) is 35.3. The number of methoxy groups -OCH3 is 1. The number of nitrogens with zero attached hydrogens (tertiary/aromatic N) is 2. The summed E-state index contributed by atoms with van der Waals surface area (Å²) in [4.78, 5) is 4.99. The van der Waals surface area contributed by atoms with Gasteiger partial charge >= 0.3 is 12.4 Å². The maximum Gasteiger partial charge on any atom is 0.416 e. The first-order valence-electron chi connectivity index (χ1n) is 16.3. The Morgan fingerprint density at radius 2 is 1.29 bits per heavy atom. The first-order valence-corrected chi connectivity index (χ1v) is 17.7. The van der Waals surface area contributed by atoms with E-state index in [0.717, 1.165) is 29.8 Å². The summed E-state index contributed by atoms with van der Waals surface area (Å²) in [5.41, 5.74) is -2.56. The molecule has 268 valence electrons. The molecule has 0 fully saturated rings. The minimum Gasteiger partial charge on any atom is -0.497 e. The molecule has 5 aromatic rings. The highest BCUT2D eigenvalue weighted by Crippen LogP contribution is 2.59. The summed E-state index contributed by atoms with van der Waals surface area (Å²) in [5, 5.41) is 0. The summed E-state index contributed by atoms with van der Waals surface area (Å²) in [7, 11) is -2.89. The number of fused-ring (bicyclic) bond motifs is 2. The second-order valence-electron chi connectivity index (χ2n) is 13.5. The van der Waals surface area contributed by atoms with Crippen LogP contribution < -0.4 is 4.74 Å². The number of sulfonamides is 1. The molecular weight excluding hydrogens is 703 g/mol. The minimum atomic E-state index is -4.80. The largest absolute Gasteiger partial charge is 0.497 e. The number of halogens is 6. The summed E-state index contributed by atoms with van der Waals surface area (Å²) < 4.78 is 122. The molecule has 2 aliphatic rings. The molecule has 5 aromatic carbocycles. The van der Waals surface area contributed by atoms with Crippen LogP contribution in [0.2, 0.25) is 0 Å². The highest BCUT2D eigenvalue weighted by Gasteiger charge is 2.58. The summed E-state index contributed by atoms with van der Waals surface area (Å²) in [5.74, 6) is -0.780. The Bertz CT molecular complexity index is 2320. The van der Waals surface area contributed by atoms with Crippen LogP contribution in [0.25, 0.3) is 0 Å². The second kappa shape index (κ2) is 12.0. The lowest BCUT2D eigenvalue weighted by Crippen LogP contribution is -2.53. The zero-order valence-electron chi connectivity index (χ0n) is 28.3. The van der Waals surface area contributed by atoms with E-state index >= 15 is 0 Å². The summed E-state index contributed by atoms with van der Waals surface area (Å²) >= 11 is 0. The molecule has 7 rings (SSSR count). The number of benzene rings is 5. The van der Waals surface area contributed by atoms with Crippen molar-refractivity contribution < 1.29 is 39.5 Å². The smallest absolute Gasteiger partial charge is 0.416 e. The van der Waals surface area contributed by atoms with Gasteiger partial charge in [0.2, 0.25) is 0 Å². The van der Waals surface area contributed by atoms with Crippen LogP contribution in [0.15, 0.2) is 125 Å². The Labute approximate surface area is 297 Å². The topological polar surface area (TPSA) is 59.0 Å². The van der Waals surface area contributed by atoms with Crippen molar-refractivity contribution in [3.63, 3.8) is 0 Å². The molecule has 0 aromatic heterocycles. The number of aryl methyl sites for hydroxylation is 1. The van der Waals surface area contributed by atoms with Crippen LogP contribution in [0.5, 0.6) is 5.75 Å². The van der Waals surface area contributed by atoms with E-state index in [2.05, 4.69) is 0 Å². The number of hydrogen-bond donors (Lipinski definition) is 0. The highest BCUT2D eigenvalue weighted by molar-refractivity contribution is 7.90. The van der Waals surface area contributed by atoms with Gasteiger partial charge in [-0.2, -0.15) is 26.3 Å². The fourth-order valence-electron chi connectivity index (χ4n) is 7.72. The average Bonchev–Trinajstić information content (AvgIpc) is 3.26. The molecule has 2 aliphatic heterocycles. The number of amidine groups is 1. The molecule has 12 heteroatoms. The molecule has 52 heavy (non-hydrogen) atoms. The van der Waals surface area contributed by atoms with Crippen LogP contribution in [-0.2, 0) is 33.3 Å². The zero-order valence-corrected chi connectivity index (χ0v) is 29.2. The molecule has 0 saturated carbocycles. The first-order chi connectivity index (χ1) is 24.4. The lowest BCUT2D eigenvalue weighted by Gasteiger charge is -2.49. The summed E-state index contributed by atoms with van der Waals surface area (Å²) in [6.07, 6.45) is -9.50. The molecule has 2 unspecified atom stereocenters. The third-order valence-electron chi connectivity index (χ3n) is 10.0. The van der Waals surface area contributed by atoms with Crippen LogP contribution in [0.3, 0.4) is 0 Å². The standard InChI is InChI=1S/C40H32F6N2O3S/c1-24-10-21-34-32(22-24)37(2,3)48(52(34,49)50)36-35(25-8-6-5-7-9-25)38(27-15-18-30(51-4)19-16-27,26-11-13-28(14-12-26)39(41,42)43)31-23-29(40(44,45)46)17-20-33(31)47-36/h5-23,35H,1-4H3. The van der Waals surface area contributed by atoms with Gasteiger partial charge < -0.3 is 4.74 Å². The van der Waals surface area contributed by atoms with E-state index in [-0.39, 0.29) is 27.5 Å².